The number of hydrogen-bond donors (Lipinski definition) is 1. The molecular weight excluding hydrogens is 1270 g/mol. The van der Waals surface area contributed by atoms with E-state index in [1.54, 1.807) is 12.2 Å². The average Bonchev–Trinajstić information content (AvgIpc) is 1.10. The minimum atomic E-state index is -0.957. The molecule has 0 saturated carbocycles. The molecule has 8 aromatic rings. The van der Waals surface area contributed by atoms with E-state index >= 15 is 0 Å². The van der Waals surface area contributed by atoms with Crippen LogP contribution in [0.5, 0.6) is 46.0 Å². The van der Waals surface area contributed by atoms with E-state index in [0.29, 0.717) is 129 Å². The second kappa shape index (κ2) is 36.6. The smallest absolute Gasteiger partial charge is 0.122 e. The Morgan fingerprint density at radius 1 is 0.320 bits per heavy atom. The maximum absolute atomic E-state index is 11.5. The molecule has 0 amide bonds. The lowest BCUT2D eigenvalue weighted by atomic mass is 9.73. The topological polar surface area (TPSA) is 181 Å². The number of epoxide rings is 4. The van der Waals surface area contributed by atoms with Crippen molar-refractivity contribution in [3.8, 4) is 46.0 Å². The highest BCUT2D eigenvalue weighted by atomic mass is 16.6. The third-order valence-electron chi connectivity index (χ3n) is 17.6. The molecule has 12 rings (SSSR count). The first kappa shape index (κ1) is 71.1. The molecule has 4 saturated heterocycles. The Hall–Kier alpha value is -8.72. The maximum Gasteiger partial charge on any atom is 0.122 e. The van der Waals surface area contributed by atoms with Crippen LogP contribution in [0.3, 0.4) is 0 Å². The lowest BCUT2D eigenvalue weighted by Gasteiger charge is -2.30. The van der Waals surface area contributed by atoms with Crippen LogP contribution in [0.25, 0.3) is 0 Å². The molecule has 8 atom stereocenters. The molecule has 17 heteroatoms. The number of benzene rings is 8. The highest BCUT2D eigenvalue weighted by Crippen LogP contribution is 2.47. The Kier molecular flexibility index (Phi) is 26.0. The van der Waals surface area contributed by atoms with E-state index in [1.165, 1.54) is 0 Å². The van der Waals surface area contributed by atoms with Crippen LogP contribution in [0.2, 0.25) is 0 Å². The van der Waals surface area contributed by atoms with Crippen molar-refractivity contribution >= 4 is 0 Å². The van der Waals surface area contributed by atoms with Gasteiger partial charge in [-0.15, -0.1) is 13.2 Å². The number of rotatable bonds is 46. The molecule has 0 aromatic heterocycles. The van der Waals surface area contributed by atoms with Crippen molar-refractivity contribution in [3.63, 3.8) is 0 Å². The van der Waals surface area contributed by atoms with Crippen molar-refractivity contribution < 1.29 is 80.9 Å². The van der Waals surface area contributed by atoms with Crippen LogP contribution >= 0.6 is 0 Å². The summed E-state index contributed by atoms with van der Waals surface area (Å²) >= 11 is 0. The summed E-state index contributed by atoms with van der Waals surface area (Å²) < 4.78 is 94.8. The predicted octanol–water partition coefficient (Wildman–Crippen LogP) is 13.5. The van der Waals surface area contributed by atoms with Crippen molar-refractivity contribution in [3.05, 3.63) is 264 Å². The van der Waals surface area contributed by atoms with Crippen LogP contribution in [0, 0.1) is 0 Å². The molecule has 8 aromatic carbocycles. The summed E-state index contributed by atoms with van der Waals surface area (Å²) in [5.41, 5.74) is 8.57. The minimum Gasteiger partial charge on any atom is -0.491 e. The van der Waals surface area contributed by atoms with Gasteiger partial charge in [-0.2, -0.15) is 0 Å². The highest BCUT2D eigenvalue weighted by molar-refractivity contribution is 5.51. The molecular formula is C83H92O17. The van der Waals surface area contributed by atoms with Crippen molar-refractivity contribution in [1.82, 2.24) is 0 Å². The van der Waals surface area contributed by atoms with Gasteiger partial charge in [-0.25, -0.2) is 0 Å². The number of hydrogen-bond acceptors (Lipinski definition) is 17. The number of ether oxygens (including phenoxy) is 16. The molecule has 0 aliphatic carbocycles. The summed E-state index contributed by atoms with van der Waals surface area (Å²) in [5, 5.41) is 11.5. The second-order valence-corrected chi connectivity index (χ2v) is 25.2. The summed E-state index contributed by atoms with van der Waals surface area (Å²) in [6.45, 7) is 19.8. The molecule has 0 radical (unpaired) electrons. The van der Waals surface area contributed by atoms with E-state index in [0.717, 1.165) is 67.5 Å². The zero-order valence-electron chi connectivity index (χ0n) is 57.1. The van der Waals surface area contributed by atoms with Crippen LogP contribution in [-0.2, 0) is 37.9 Å². The molecule has 0 bridgehead atoms. The first-order chi connectivity index (χ1) is 49.2. The largest absolute Gasteiger partial charge is 0.491 e. The zero-order chi connectivity index (χ0) is 68.7. The zero-order valence-corrected chi connectivity index (χ0v) is 57.1. The average molecular weight is 1360 g/mol. The monoisotopic (exact) mass is 1360 g/mol. The minimum absolute atomic E-state index is 0.00749. The summed E-state index contributed by atoms with van der Waals surface area (Å²) in [5.74, 6) is 4.95. The van der Waals surface area contributed by atoms with Crippen molar-refractivity contribution in [1.29, 1.82) is 0 Å². The normalized spacial score (nSPS) is 18.6. The van der Waals surface area contributed by atoms with E-state index in [-0.39, 0.29) is 73.5 Å². The van der Waals surface area contributed by atoms with E-state index in [1.807, 2.05) is 111 Å². The summed E-state index contributed by atoms with van der Waals surface area (Å²) in [4.78, 5) is 0. The SMILES string of the molecule is C=CCOC(COCC)COc1ccc(C(c2ccc(OCC(O)COc3ccc(C(c4ccc(OCC(COCC)OCC=C)cc4)C(c4ccc(OCC5CO5)cc4)c4ccc(OCC5CO5)cc4)cc3)cc2)C(c2ccc(OCC3CO3)cc2)c2ccc(OCC3CO3)cc2)cc1. The highest BCUT2D eigenvalue weighted by Gasteiger charge is 2.33. The second-order valence-electron chi connectivity index (χ2n) is 25.2. The fourth-order valence-electron chi connectivity index (χ4n) is 11.9. The fraction of sp³-hybridized carbons (Fsp3) is 0.373. The van der Waals surface area contributed by atoms with Gasteiger partial charge < -0.3 is 80.9 Å². The quantitative estimate of drug-likeness (QED) is 0.0281. The van der Waals surface area contributed by atoms with Crippen molar-refractivity contribution in [2.24, 2.45) is 0 Å². The Bertz CT molecular complexity index is 3340. The van der Waals surface area contributed by atoms with E-state index < -0.39 is 6.10 Å². The van der Waals surface area contributed by atoms with Gasteiger partial charge in [-0.1, -0.05) is 109 Å². The van der Waals surface area contributed by atoms with Crippen LogP contribution in [0.4, 0.5) is 0 Å². The van der Waals surface area contributed by atoms with Crippen molar-refractivity contribution in [2.75, 3.05) is 119 Å². The van der Waals surface area contributed by atoms with Crippen LogP contribution in [-0.4, -0.2) is 167 Å². The predicted molar refractivity (Wildman–Crippen MR) is 381 cm³/mol. The van der Waals surface area contributed by atoms with Gasteiger partial charge in [-0.05, 0) is 155 Å². The lowest BCUT2D eigenvalue weighted by Crippen LogP contribution is -2.27. The summed E-state index contributed by atoms with van der Waals surface area (Å²) in [6, 6.07) is 66.2. The first-order valence-electron chi connectivity index (χ1n) is 34.8. The summed E-state index contributed by atoms with van der Waals surface area (Å²) in [6.07, 6.45) is 2.49. The molecule has 17 nitrogen and oxygen atoms in total. The molecule has 0 spiro atoms. The van der Waals surface area contributed by atoms with E-state index in [4.69, 9.17) is 75.8 Å². The van der Waals surface area contributed by atoms with Gasteiger partial charge in [0.1, 0.15) is 142 Å². The Morgan fingerprint density at radius 2 is 0.520 bits per heavy atom. The van der Waals surface area contributed by atoms with Crippen LogP contribution < -0.4 is 37.9 Å². The van der Waals surface area contributed by atoms with Gasteiger partial charge in [0.25, 0.3) is 0 Å². The molecule has 4 heterocycles. The standard InChI is InChI=1S/C83H92O17/c1-5-41-87-74(45-85-7-3)47-91-68-29-13-59(14-30-68)80(82(61-17-33-70(34-18-61)93-49-76-53-97-76)62-19-35-71(36-20-62)94-50-77-54-98-77)57-9-25-66(26-10-57)89-43-65(84)44-90-67-27-11-58(12-28-67)81(60-15-31-69(32-16-60)92-48-75(46-86-8-4)88-42-6-2)83(63-21-37-72(38-22-63)95-51-78-55-99-78)64-23-39-73(40-24-64)96-52-79-56-100-79/h5-6,9-40,65,74-84H,1-2,7-8,41-56H2,3-4H3. The van der Waals surface area contributed by atoms with Gasteiger partial charge in [0.15, 0.2) is 0 Å². The molecule has 4 aliphatic rings. The van der Waals surface area contributed by atoms with Crippen LogP contribution in [0.1, 0.15) is 82.0 Å². The molecule has 526 valence electrons. The Labute approximate surface area is 587 Å². The van der Waals surface area contributed by atoms with E-state index in [9.17, 15) is 5.11 Å². The molecule has 100 heavy (non-hydrogen) atoms. The Morgan fingerprint density at radius 3 is 0.710 bits per heavy atom. The molecule has 4 fully saturated rings. The van der Waals surface area contributed by atoms with Crippen molar-refractivity contribution in [2.45, 2.75) is 80.2 Å². The molecule has 4 aliphatic heterocycles. The van der Waals surface area contributed by atoms with Gasteiger partial charge in [0.2, 0.25) is 0 Å². The molecule has 8 unspecified atom stereocenters. The lowest BCUT2D eigenvalue weighted by molar-refractivity contribution is -0.0246. The first-order valence-corrected chi connectivity index (χ1v) is 34.8. The Balaban J connectivity index is 0.765. The van der Waals surface area contributed by atoms with E-state index in [2.05, 4.69) is 110 Å². The summed E-state index contributed by atoms with van der Waals surface area (Å²) in [7, 11) is 0. The van der Waals surface area contributed by atoms with Gasteiger partial charge >= 0.3 is 0 Å². The number of aliphatic hydroxyl groups is 1. The maximum atomic E-state index is 11.5. The third kappa shape index (κ3) is 21.6. The van der Waals surface area contributed by atoms with Gasteiger partial charge in [0, 0.05) is 36.9 Å². The van der Waals surface area contributed by atoms with Crippen LogP contribution in [0.15, 0.2) is 219 Å². The number of aliphatic hydroxyl groups excluding tert-OH is 1. The van der Waals surface area contributed by atoms with Gasteiger partial charge in [0.05, 0.1) is 52.9 Å². The van der Waals surface area contributed by atoms with Gasteiger partial charge in [-0.3, -0.25) is 0 Å². The third-order valence-corrected chi connectivity index (χ3v) is 17.6. The fourth-order valence-corrected chi connectivity index (χ4v) is 11.9. The molecule has 1 N–H and O–H groups in total.